The highest BCUT2D eigenvalue weighted by molar-refractivity contribution is 5.86. The number of carbonyl (C=O) groups is 1. The fourth-order valence-corrected chi connectivity index (χ4v) is 1.51. The molecule has 0 heterocycles. The molecule has 0 spiro atoms. The van der Waals surface area contributed by atoms with E-state index in [1.54, 1.807) is 19.1 Å². The molecule has 0 amide bonds. The summed E-state index contributed by atoms with van der Waals surface area (Å²) >= 11 is 0. The van der Waals surface area contributed by atoms with Gasteiger partial charge in [0.1, 0.15) is 0 Å². The van der Waals surface area contributed by atoms with E-state index in [0.717, 1.165) is 16.7 Å². The van der Waals surface area contributed by atoms with Crippen molar-refractivity contribution in [1.82, 2.24) is 0 Å². The van der Waals surface area contributed by atoms with E-state index < -0.39 is 5.97 Å². The first-order valence-electron chi connectivity index (χ1n) is 6.02. The van der Waals surface area contributed by atoms with Crippen LogP contribution in [0.2, 0.25) is 0 Å². The molecule has 0 aromatic heterocycles. The van der Waals surface area contributed by atoms with Crippen LogP contribution in [0.4, 0.5) is 0 Å². The van der Waals surface area contributed by atoms with Gasteiger partial charge in [-0.1, -0.05) is 60.7 Å². The monoisotopic (exact) mass is 254 g/mol. The Morgan fingerprint density at radius 3 is 2.26 bits per heavy atom. The molecule has 0 atom stereocenters. The number of aliphatic carboxylic acids is 1. The predicted octanol–water partition coefficient (Wildman–Crippen LogP) is 4.32. The average Bonchev–Trinajstić information content (AvgIpc) is 2.39. The molecule has 2 nitrogen and oxygen atoms in total. The van der Waals surface area contributed by atoms with Gasteiger partial charge < -0.3 is 5.11 Å². The molecule has 0 aliphatic heterocycles. The Balaban J connectivity index is 2.73. The van der Waals surface area contributed by atoms with Crippen LogP contribution in [0.5, 0.6) is 0 Å². The van der Waals surface area contributed by atoms with E-state index >= 15 is 0 Å². The summed E-state index contributed by atoms with van der Waals surface area (Å²) in [5.41, 5.74) is 3.41. The van der Waals surface area contributed by atoms with Gasteiger partial charge in [0, 0.05) is 5.57 Å². The molecule has 1 aromatic carbocycles. The summed E-state index contributed by atoms with van der Waals surface area (Å²) in [6.45, 7) is 7.16. The first kappa shape index (κ1) is 14.7. The molecular formula is C17H18O2. The van der Waals surface area contributed by atoms with Crippen LogP contribution < -0.4 is 0 Å². The molecule has 1 N–H and O–H groups in total. The largest absolute Gasteiger partial charge is 0.478 e. The lowest BCUT2D eigenvalue weighted by Crippen LogP contribution is -1.95. The van der Waals surface area contributed by atoms with Crippen LogP contribution in [0, 0.1) is 0 Å². The summed E-state index contributed by atoms with van der Waals surface area (Å²) in [7, 11) is 0. The SMILES string of the molecule is C=Cc1ccc(C=CC=C(C)C=C(C)C(=O)O)cc1. The molecule has 2 heteroatoms. The smallest absolute Gasteiger partial charge is 0.331 e. The molecule has 0 saturated carbocycles. The molecule has 19 heavy (non-hydrogen) atoms. The van der Waals surface area contributed by atoms with Crippen LogP contribution in [-0.2, 0) is 4.79 Å². The summed E-state index contributed by atoms with van der Waals surface area (Å²) in [5, 5.41) is 8.76. The Morgan fingerprint density at radius 1 is 1.16 bits per heavy atom. The van der Waals surface area contributed by atoms with Gasteiger partial charge in [0.15, 0.2) is 0 Å². The maximum atomic E-state index is 10.7. The predicted molar refractivity (Wildman–Crippen MR) is 80.7 cm³/mol. The molecule has 1 rings (SSSR count). The van der Waals surface area contributed by atoms with E-state index in [4.69, 9.17) is 5.11 Å². The van der Waals surface area contributed by atoms with Gasteiger partial charge >= 0.3 is 5.97 Å². The summed E-state index contributed by atoms with van der Waals surface area (Å²) in [4.78, 5) is 10.7. The zero-order chi connectivity index (χ0) is 14.3. The number of hydrogen-bond donors (Lipinski definition) is 1. The molecule has 0 unspecified atom stereocenters. The third-order valence-electron chi connectivity index (χ3n) is 2.60. The van der Waals surface area contributed by atoms with Crippen LogP contribution in [-0.4, -0.2) is 11.1 Å². The maximum Gasteiger partial charge on any atom is 0.331 e. The summed E-state index contributed by atoms with van der Waals surface area (Å²) in [5.74, 6) is -0.892. The van der Waals surface area contributed by atoms with E-state index in [-0.39, 0.29) is 0 Å². The van der Waals surface area contributed by atoms with Gasteiger partial charge in [0.25, 0.3) is 0 Å². The van der Waals surface area contributed by atoms with Crippen LogP contribution in [0.15, 0.2) is 60.2 Å². The molecule has 1 aromatic rings. The molecule has 0 aliphatic carbocycles. The fourth-order valence-electron chi connectivity index (χ4n) is 1.51. The van der Waals surface area contributed by atoms with Crippen LogP contribution >= 0.6 is 0 Å². The summed E-state index contributed by atoms with van der Waals surface area (Å²) < 4.78 is 0. The Kier molecular flexibility index (Phi) is 5.55. The van der Waals surface area contributed by atoms with Gasteiger partial charge in [0.2, 0.25) is 0 Å². The number of allylic oxidation sites excluding steroid dienone is 4. The van der Waals surface area contributed by atoms with Gasteiger partial charge in [-0.05, 0) is 31.1 Å². The van der Waals surface area contributed by atoms with Gasteiger partial charge in [-0.3, -0.25) is 0 Å². The first-order valence-corrected chi connectivity index (χ1v) is 6.02. The van der Waals surface area contributed by atoms with Crippen molar-refractivity contribution in [3.05, 3.63) is 71.3 Å². The second kappa shape index (κ2) is 7.17. The number of carboxylic acid groups (broad SMARTS) is 1. The van der Waals surface area contributed by atoms with Crippen molar-refractivity contribution in [2.45, 2.75) is 13.8 Å². The maximum absolute atomic E-state index is 10.7. The summed E-state index contributed by atoms with van der Waals surface area (Å²) in [6.07, 6.45) is 9.21. The molecular weight excluding hydrogens is 236 g/mol. The van der Waals surface area contributed by atoms with E-state index in [2.05, 4.69) is 6.58 Å². The molecule has 0 aliphatic rings. The average molecular weight is 254 g/mol. The summed E-state index contributed by atoms with van der Waals surface area (Å²) in [6, 6.07) is 8.01. The number of rotatable bonds is 5. The van der Waals surface area contributed by atoms with Crippen LogP contribution in [0.1, 0.15) is 25.0 Å². The van der Waals surface area contributed by atoms with E-state index in [1.165, 1.54) is 0 Å². The van der Waals surface area contributed by atoms with Gasteiger partial charge in [-0.15, -0.1) is 0 Å². The molecule has 0 saturated heterocycles. The third kappa shape index (κ3) is 5.21. The van der Waals surface area contributed by atoms with Crippen molar-refractivity contribution >= 4 is 18.1 Å². The number of benzene rings is 1. The normalized spacial score (nSPS) is 12.7. The highest BCUT2D eigenvalue weighted by Crippen LogP contribution is 2.08. The molecule has 0 radical (unpaired) electrons. The minimum Gasteiger partial charge on any atom is -0.478 e. The third-order valence-corrected chi connectivity index (χ3v) is 2.60. The Bertz CT molecular complexity index is 543. The van der Waals surface area contributed by atoms with Gasteiger partial charge in [0.05, 0.1) is 0 Å². The number of hydrogen-bond acceptors (Lipinski definition) is 1. The number of carboxylic acids is 1. The lowest BCUT2D eigenvalue weighted by molar-refractivity contribution is -0.132. The lowest BCUT2D eigenvalue weighted by atomic mass is 10.1. The van der Waals surface area contributed by atoms with E-state index in [0.29, 0.717) is 5.57 Å². The first-order chi connectivity index (χ1) is 9.02. The zero-order valence-corrected chi connectivity index (χ0v) is 11.3. The minimum absolute atomic E-state index is 0.331. The van der Waals surface area contributed by atoms with Crippen molar-refractivity contribution in [3.8, 4) is 0 Å². The highest BCUT2D eigenvalue weighted by Gasteiger charge is 1.97. The fraction of sp³-hybridized carbons (Fsp3) is 0.118. The second-order valence-electron chi connectivity index (χ2n) is 4.27. The van der Waals surface area contributed by atoms with Crippen molar-refractivity contribution < 1.29 is 9.90 Å². The Morgan fingerprint density at radius 2 is 1.74 bits per heavy atom. The Hall–Kier alpha value is -2.35. The van der Waals surface area contributed by atoms with Crippen molar-refractivity contribution in [1.29, 1.82) is 0 Å². The topological polar surface area (TPSA) is 37.3 Å². The lowest BCUT2D eigenvalue weighted by Gasteiger charge is -1.95. The van der Waals surface area contributed by atoms with Gasteiger partial charge in [-0.2, -0.15) is 0 Å². The van der Waals surface area contributed by atoms with E-state index in [9.17, 15) is 4.79 Å². The molecule has 98 valence electrons. The highest BCUT2D eigenvalue weighted by atomic mass is 16.4. The Labute approximate surface area is 114 Å². The second-order valence-corrected chi connectivity index (χ2v) is 4.27. The van der Waals surface area contributed by atoms with Crippen LogP contribution in [0.3, 0.4) is 0 Å². The van der Waals surface area contributed by atoms with E-state index in [1.807, 2.05) is 49.4 Å². The quantitative estimate of drug-likeness (QED) is 0.627. The van der Waals surface area contributed by atoms with Crippen molar-refractivity contribution in [2.24, 2.45) is 0 Å². The standard InChI is InChI=1S/C17H18O2/c1-4-15-8-10-16(11-9-15)7-5-6-13(2)12-14(3)17(18)19/h4-12H,1H2,2-3H3,(H,18,19). The zero-order valence-electron chi connectivity index (χ0n) is 11.3. The molecule has 0 fully saturated rings. The minimum atomic E-state index is -0.892. The van der Waals surface area contributed by atoms with Crippen molar-refractivity contribution in [3.63, 3.8) is 0 Å². The van der Waals surface area contributed by atoms with Crippen LogP contribution in [0.25, 0.3) is 12.2 Å². The van der Waals surface area contributed by atoms with Gasteiger partial charge in [-0.25, -0.2) is 4.79 Å². The van der Waals surface area contributed by atoms with Crippen molar-refractivity contribution in [2.75, 3.05) is 0 Å². The molecule has 0 bridgehead atoms.